The van der Waals surface area contributed by atoms with Crippen molar-refractivity contribution in [1.29, 1.82) is 0 Å². The molecule has 0 aromatic carbocycles. The third kappa shape index (κ3) is 9.63. The summed E-state index contributed by atoms with van der Waals surface area (Å²) in [6, 6.07) is 0. The second-order valence-electron chi connectivity index (χ2n) is 7.47. The van der Waals surface area contributed by atoms with Crippen LogP contribution < -0.4 is 0 Å². The molecule has 0 amide bonds. The van der Waals surface area contributed by atoms with Gasteiger partial charge in [-0.1, -0.05) is 58.8 Å². The monoisotopic (exact) mass is 341 g/mol. The summed E-state index contributed by atoms with van der Waals surface area (Å²) in [4.78, 5) is 4.31. The maximum absolute atomic E-state index is 5.85. The molecule has 2 atom stereocenters. The maximum atomic E-state index is 5.85. The highest BCUT2D eigenvalue weighted by molar-refractivity contribution is 5.96. The van der Waals surface area contributed by atoms with Crippen molar-refractivity contribution in [2.75, 3.05) is 19.8 Å². The molecule has 0 bridgehead atoms. The van der Waals surface area contributed by atoms with E-state index >= 15 is 0 Å². The zero-order valence-corrected chi connectivity index (χ0v) is 16.6. The highest BCUT2D eigenvalue weighted by atomic mass is 16.6. The summed E-state index contributed by atoms with van der Waals surface area (Å²) >= 11 is 0. The molecule has 142 valence electrons. The van der Waals surface area contributed by atoms with Crippen LogP contribution >= 0.6 is 0 Å². The summed E-state index contributed by atoms with van der Waals surface area (Å²) in [6.45, 7) is 12.6. The van der Waals surface area contributed by atoms with Gasteiger partial charge in [-0.05, 0) is 33.1 Å². The van der Waals surface area contributed by atoms with E-state index in [4.69, 9.17) is 14.2 Å². The maximum Gasteiger partial charge on any atom is 0.243 e. The average Bonchev–Trinajstić information content (AvgIpc) is 3.18. The molecule has 0 radical (unpaired) electrons. The molecule has 1 heterocycles. The highest BCUT2D eigenvalue weighted by Gasteiger charge is 2.46. The summed E-state index contributed by atoms with van der Waals surface area (Å²) in [5, 5.41) is 0. The highest BCUT2D eigenvalue weighted by Crippen LogP contribution is 2.30. The van der Waals surface area contributed by atoms with Crippen molar-refractivity contribution in [2.45, 2.75) is 97.8 Å². The number of rotatable bonds is 15. The van der Waals surface area contributed by atoms with E-state index < -0.39 is 5.72 Å². The fourth-order valence-electron chi connectivity index (χ4n) is 2.78. The van der Waals surface area contributed by atoms with Gasteiger partial charge < -0.3 is 14.2 Å². The molecule has 1 rings (SSSR count). The number of nitrogens with zero attached hydrogens (tertiary/aromatic N) is 1. The summed E-state index contributed by atoms with van der Waals surface area (Å²) in [5.74, 6) is 1.59. The van der Waals surface area contributed by atoms with Crippen molar-refractivity contribution >= 4 is 5.90 Å². The smallest absolute Gasteiger partial charge is 0.243 e. The lowest BCUT2D eigenvalue weighted by molar-refractivity contribution is 0.0307. The summed E-state index contributed by atoms with van der Waals surface area (Å²) in [6.07, 6.45) is 10.7. The molecule has 1 aliphatic heterocycles. The molecular weight excluding hydrogens is 302 g/mol. The summed E-state index contributed by atoms with van der Waals surface area (Å²) in [5.41, 5.74) is -0.495. The van der Waals surface area contributed by atoms with Gasteiger partial charge in [0.1, 0.15) is 6.61 Å². The van der Waals surface area contributed by atoms with E-state index in [0.717, 1.165) is 24.8 Å². The van der Waals surface area contributed by atoms with E-state index in [0.29, 0.717) is 13.2 Å². The summed E-state index contributed by atoms with van der Waals surface area (Å²) < 4.78 is 16.9. The lowest BCUT2D eigenvalue weighted by Gasteiger charge is -2.13. The third-order valence-corrected chi connectivity index (χ3v) is 4.46. The molecule has 0 saturated heterocycles. The quantitative estimate of drug-likeness (QED) is 0.377. The van der Waals surface area contributed by atoms with E-state index in [1.807, 2.05) is 20.8 Å². The van der Waals surface area contributed by atoms with E-state index in [1.54, 1.807) is 0 Å². The SMILES string of the molecule is CCCCCC(C)CCCCCOC1(C)N=C1OCCOC(C)C. The van der Waals surface area contributed by atoms with Crippen molar-refractivity contribution in [3.63, 3.8) is 0 Å². The van der Waals surface area contributed by atoms with Crippen molar-refractivity contribution in [1.82, 2.24) is 0 Å². The Morgan fingerprint density at radius 1 is 0.917 bits per heavy atom. The van der Waals surface area contributed by atoms with Crippen LogP contribution in [-0.2, 0) is 14.2 Å². The van der Waals surface area contributed by atoms with Crippen LogP contribution in [-0.4, -0.2) is 37.5 Å². The molecule has 0 aliphatic carbocycles. The molecule has 1 aliphatic rings. The second kappa shape index (κ2) is 11.9. The zero-order valence-electron chi connectivity index (χ0n) is 16.6. The largest absolute Gasteiger partial charge is 0.475 e. The molecule has 24 heavy (non-hydrogen) atoms. The lowest BCUT2D eigenvalue weighted by Crippen LogP contribution is -2.22. The van der Waals surface area contributed by atoms with Crippen LogP contribution in [0.25, 0.3) is 0 Å². The first-order chi connectivity index (χ1) is 11.5. The van der Waals surface area contributed by atoms with Crippen LogP contribution in [0.5, 0.6) is 0 Å². The molecule has 0 aromatic rings. The van der Waals surface area contributed by atoms with E-state index in [-0.39, 0.29) is 6.10 Å². The van der Waals surface area contributed by atoms with Crippen molar-refractivity contribution < 1.29 is 14.2 Å². The molecule has 0 fully saturated rings. The Hall–Kier alpha value is -0.610. The van der Waals surface area contributed by atoms with Crippen molar-refractivity contribution in [3.05, 3.63) is 0 Å². The first-order valence-electron chi connectivity index (χ1n) is 9.96. The summed E-state index contributed by atoms with van der Waals surface area (Å²) in [7, 11) is 0. The molecule has 0 saturated carbocycles. The van der Waals surface area contributed by atoms with Crippen LogP contribution in [0.15, 0.2) is 4.99 Å². The van der Waals surface area contributed by atoms with Gasteiger partial charge in [-0.15, -0.1) is 0 Å². The predicted octanol–water partition coefficient (Wildman–Crippen LogP) is 5.35. The standard InChI is InChI=1S/C20H39NO3/c1-6-7-9-12-18(4)13-10-8-11-14-24-20(5)19(21-20)23-16-15-22-17(2)3/h17-18H,6-16H2,1-5H3. The van der Waals surface area contributed by atoms with Gasteiger partial charge in [0, 0.05) is 0 Å². The molecule has 2 unspecified atom stereocenters. The Balaban J connectivity index is 1.91. The Bertz CT molecular complexity index is 357. The molecule has 4 heteroatoms. The molecule has 0 spiro atoms. The van der Waals surface area contributed by atoms with E-state index in [2.05, 4.69) is 18.8 Å². The Morgan fingerprint density at radius 2 is 1.62 bits per heavy atom. The first kappa shape index (κ1) is 21.4. The van der Waals surface area contributed by atoms with Crippen LogP contribution in [0, 0.1) is 5.92 Å². The fourth-order valence-corrected chi connectivity index (χ4v) is 2.78. The number of aliphatic imine (C=N–C) groups is 1. The number of unbranched alkanes of at least 4 members (excludes halogenated alkanes) is 4. The molecule has 0 N–H and O–H groups in total. The fraction of sp³-hybridized carbons (Fsp3) is 0.950. The van der Waals surface area contributed by atoms with Gasteiger partial charge in [-0.25, -0.2) is 4.99 Å². The van der Waals surface area contributed by atoms with Gasteiger partial charge >= 0.3 is 0 Å². The lowest BCUT2D eigenvalue weighted by atomic mass is 9.97. The van der Waals surface area contributed by atoms with E-state index in [1.165, 1.54) is 44.9 Å². The van der Waals surface area contributed by atoms with E-state index in [9.17, 15) is 0 Å². The van der Waals surface area contributed by atoms with Gasteiger partial charge in [-0.3, -0.25) is 0 Å². The number of hydrogen-bond donors (Lipinski definition) is 0. The van der Waals surface area contributed by atoms with Crippen LogP contribution in [0.1, 0.15) is 86.0 Å². The van der Waals surface area contributed by atoms with Gasteiger partial charge in [0.2, 0.25) is 11.6 Å². The van der Waals surface area contributed by atoms with Crippen molar-refractivity contribution in [2.24, 2.45) is 10.9 Å². The van der Waals surface area contributed by atoms with Crippen molar-refractivity contribution in [3.8, 4) is 0 Å². The molecule has 4 nitrogen and oxygen atoms in total. The zero-order chi connectivity index (χ0) is 17.8. The Morgan fingerprint density at radius 3 is 2.29 bits per heavy atom. The van der Waals surface area contributed by atoms with Gasteiger partial charge in [0.15, 0.2) is 0 Å². The van der Waals surface area contributed by atoms with Crippen LogP contribution in [0.3, 0.4) is 0 Å². The van der Waals surface area contributed by atoms with Crippen LogP contribution in [0.4, 0.5) is 0 Å². The first-order valence-corrected chi connectivity index (χ1v) is 9.96. The number of ether oxygens (including phenoxy) is 3. The Labute approximate surface area is 149 Å². The minimum Gasteiger partial charge on any atom is -0.475 e. The third-order valence-electron chi connectivity index (χ3n) is 4.46. The minimum absolute atomic E-state index is 0.242. The topological polar surface area (TPSA) is 40.0 Å². The second-order valence-corrected chi connectivity index (χ2v) is 7.47. The minimum atomic E-state index is -0.495. The van der Waals surface area contributed by atoms with Crippen LogP contribution in [0.2, 0.25) is 0 Å². The Kier molecular flexibility index (Phi) is 10.6. The molecular formula is C20H39NO3. The normalized spacial score (nSPS) is 21.0. The average molecular weight is 342 g/mol. The van der Waals surface area contributed by atoms with Gasteiger partial charge in [0.05, 0.1) is 19.3 Å². The number of hydrogen-bond acceptors (Lipinski definition) is 4. The predicted molar refractivity (Wildman–Crippen MR) is 101 cm³/mol. The van der Waals surface area contributed by atoms with Gasteiger partial charge in [-0.2, -0.15) is 0 Å². The molecule has 0 aromatic heterocycles. The van der Waals surface area contributed by atoms with Gasteiger partial charge in [0.25, 0.3) is 0 Å².